The largest absolute Gasteiger partial charge is 0.490 e. The summed E-state index contributed by atoms with van der Waals surface area (Å²) in [6.45, 7) is 4.52. The quantitative estimate of drug-likeness (QED) is 0.395. The summed E-state index contributed by atoms with van der Waals surface area (Å²) in [6, 6.07) is 4.79. The number of unbranched alkanes of at least 4 members (excludes halogenated alkanes) is 1. The summed E-state index contributed by atoms with van der Waals surface area (Å²) < 4.78 is 15.7. The predicted molar refractivity (Wildman–Crippen MR) is 74.4 cm³/mol. The Kier molecular flexibility index (Phi) is 7.17. The van der Waals surface area contributed by atoms with Gasteiger partial charge in [0.25, 0.3) is 0 Å². The van der Waals surface area contributed by atoms with Crippen LogP contribution in [0.5, 0.6) is 11.5 Å². The molecule has 110 valence electrons. The Hall–Kier alpha value is -2.04. The summed E-state index contributed by atoms with van der Waals surface area (Å²) in [5.74, 6) is 0.448. The third-order valence-electron chi connectivity index (χ3n) is 2.51. The zero-order valence-electron chi connectivity index (χ0n) is 11.9. The highest BCUT2D eigenvalue weighted by Gasteiger charge is 2.09. The van der Waals surface area contributed by atoms with E-state index in [1.807, 2.05) is 13.8 Å². The molecule has 0 radical (unpaired) electrons. The zero-order chi connectivity index (χ0) is 14.8. The summed E-state index contributed by atoms with van der Waals surface area (Å²) in [7, 11) is 0. The standard InChI is InChI=1S/C15H20O5/c1-3-5-8-19-15(17)11-20-13-7-6-12(10-16)9-14(13)18-4-2/h6-7,9-10H,3-5,8,11H2,1-2H3. The molecule has 0 N–H and O–H groups in total. The second-order valence-corrected chi connectivity index (χ2v) is 4.12. The molecule has 0 atom stereocenters. The number of carbonyl (C=O) groups is 2. The van der Waals surface area contributed by atoms with E-state index in [-0.39, 0.29) is 6.61 Å². The molecule has 0 spiro atoms. The summed E-state index contributed by atoms with van der Waals surface area (Å²) in [6.07, 6.45) is 2.53. The maximum atomic E-state index is 11.4. The third-order valence-corrected chi connectivity index (χ3v) is 2.51. The Morgan fingerprint density at radius 1 is 1.20 bits per heavy atom. The van der Waals surface area contributed by atoms with Crippen molar-refractivity contribution in [2.24, 2.45) is 0 Å². The SMILES string of the molecule is CCCCOC(=O)COc1ccc(C=O)cc1OCC. The van der Waals surface area contributed by atoms with E-state index in [2.05, 4.69) is 0 Å². The minimum Gasteiger partial charge on any atom is -0.490 e. The monoisotopic (exact) mass is 280 g/mol. The van der Waals surface area contributed by atoms with Gasteiger partial charge in [0.05, 0.1) is 13.2 Å². The van der Waals surface area contributed by atoms with Gasteiger partial charge in [0.15, 0.2) is 18.1 Å². The summed E-state index contributed by atoms with van der Waals surface area (Å²) in [5.41, 5.74) is 0.492. The van der Waals surface area contributed by atoms with Crippen LogP contribution in [0.3, 0.4) is 0 Å². The molecule has 0 aromatic heterocycles. The maximum Gasteiger partial charge on any atom is 0.344 e. The van der Waals surface area contributed by atoms with Gasteiger partial charge in [-0.25, -0.2) is 4.79 Å². The van der Waals surface area contributed by atoms with E-state index in [9.17, 15) is 9.59 Å². The Balaban J connectivity index is 2.57. The van der Waals surface area contributed by atoms with Gasteiger partial charge in [-0.3, -0.25) is 4.79 Å². The fourth-order valence-corrected chi connectivity index (χ4v) is 1.49. The number of ether oxygens (including phenoxy) is 3. The van der Waals surface area contributed by atoms with Crippen molar-refractivity contribution in [3.05, 3.63) is 23.8 Å². The smallest absolute Gasteiger partial charge is 0.344 e. The molecule has 0 saturated heterocycles. The van der Waals surface area contributed by atoms with E-state index in [0.717, 1.165) is 19.1 Å². The first-order valence-corrected chi connectivity index (χ1v) is 6.71. The van der Waals surface area contributed by atoms with Crippen molar-refractivity contribution >= 4 is 12.3 Å². The fraction of sp³-hybridized carbons (Fsp3) is 0.467. The summed E-state index contributed by atoms with van der Waals surface area (Å²) in [4.78, 5) is 22.2. The molecule has 0 aliphatic heterocycles. The lowest BCUT2D eigenvalue weighted by atomic mass is 10.2. The molecule has 1 aromatic carbocycles. The first-order chi connectivity index (χ1) is 9.71. The van der Waals surface area contributed by atoms with Crippen LogP contribution in [-0.2, 0) is 9.53 Å². The van der Waals surface area contributed by atoms with Gasteiger partial charge in [-0.1, -0.05) is 13.3 Å². The van der Waals surface area contributed by atoms with E-state index in [0.29, 0.717) is 30.3 Å². The molecular formula is C15H20O5. The number of rotatable bonds is 9. The first-order valence-electron chi connectivity index (χ1n) is 6.71. The zero-order valence-corrected chi connectivity index (χ0v) is 11.9. The number of benzene rings is 1. The average Bonchev–Trinajstić information content (AvgIpc) is 2.46. The second kappa shape index (κ2) is 8.96. The predicted octanol–water partition coefficient (Wildman–Crippen LogP) is 2.62. The number of esters is 1. The summed E-state index contributed by atoms with van der Waals surface area (Å²) >= 11 is 0. The van der Waals surface area contributed by atoms with Gasteiger partial charge in [0, 0.05) is 5.56 Å². The highest BCUT2D eigenvalue weighted by atomic mass is 16.6. The van der Waals surface area contributed by atoms with Crippen LogP contribution in [0.4, 0.5) is 0 Å². The normalized spacial score (nSPS) is 9.90. The van der Waals surface area contributed by atoms with Crippen molar-refractivity contribution < 1.29 is 23.8 Å². The lowest BCUT2D eigenvalue weighted by molar-refractivity contribution is -0.146. The van der Waals surface area contributed by atoms with Crippen LogP contribution in [0, 0.1) is 0 Å². The van der Waals surface area contributed by atoms with Crippen LogP contribution in [0.2, 0.25) is 0 Å². The molecular weight excluding hydrogens is 260 g/mol. The van der Waals surface area contributed by atoms with Gasteiger partial charge in [-0.15, -0.1) is 0 Å². The number of hydrogen-bond acceptors (Lipinski definition) is 5. The van der Waals surface area contributed by atoms with Crippen LogP contribution in [0.25, 0.3) is 0 Å². The average molecular weight is 280 g/mol. The number of aldehydes is 1. The van der Waals surface area contributed by atoms with Crippen molar-refractivity contribution in [2.75, 3.05) is 19.8 Å². The molecule has 0 fully saturated rings. The second-order valence-electron chi connectivity index (χ2n) is 4.12. The highest BCUT2D eigenvalue weighted by molar-refractivity contribution is 5.76. The van der Waals surface area contributed by atoms with Crippen LogP contribution in [0.1, 0.15) is 37.0 Å². The molecule has 1 aromatic rings. The lowest BCUT2D eigenvalue weighted by Gasteiger charge is -2.12. The molecule has 0 aliphatic rings. The van der Waals surface area contributed by atoms with E-state index in [4.69, 9.17) is 14.2 Å². The molecule has 0 amide bonds. The van der Waals surface area contributed by atoms with Crippen LogP contribution in [-0.4, -0.2) is 32.1 Å². The van der Waals surface area contributed by atoms with Gasteiger partial charge in [-0.2, -0.15) is 0 Å². The van der Waals surface area contributed by atoms with Gasteiger partial charge >= 0.3 is 5.97 Å². The molecule has 1 rings (SSSR count). The number of hydrogen-bond donors (Lipinski definition) is 0. The van der Waals surface area contributed by atoms with Crippen LogP contribution >= 0.6 is 0 Å². The molecule has 5 nitrogen and oxygen atoms in total. The van der Waals surface area contributed by atoms with Crippen molar-refractivity contribution in [2.45, 2.75) is 26.7 Å². The van der Waals surface area contributed by atoms with Crippen molar-refractivity contribution in [1.82, 2.24) is 0 Å². The van der Waals surface area contributed by atoms with Gasteiger partial charge in [0.1, 0.15) is 6.29 Å². The lowest BCUT2D eigenvalue weighted by Crippen LogP contribution is -2.15. The van der Waals surface area contributed by atoms with Gasteiger partial charge in [0.2, 0.25) is 0 Å². The first kappa shape index (κ1) is 16.0. The number of carbonyl (C=O) groups excluding carboxylic acids is 2. The highest BCUT2D eigenvalue weighted by Crippen LogP contribution is 2.28. The molecule has 0 aliphatic carbocycles. The Morgan fingerprint density at radius 3 is 2.65 bits per heavy atom. The summed E-state index contributed by atoms with van der Waals surface area (Å²) in [5, 5.41) is 0. The molecule has 0 bridgehead atoms. The Labute approximate surface area is 118 Å². The van der Waals surface area contributed by atoms with Gasteiger partial charge in [-0.05, 0) is 31.5 Å². The van der Waals surface area contributed by atoms with E-state index >= 15 is 0 Å². The van der Waals surface area contributed by atoms with Crippen LogP contribution in [0.15, 0.2) is 18.2 Å². The Bertz CT molecular complexity index is 442. The minimum absolute atomic E-state index is 0.176. The Morgan fingerprint density at radius 2 is 2.00 bits per heavy atom. The van der Waals surface area contributed by atoms with E-state index < -0.39 is 5.97 Å². The van der Waals surface area contributed by atoms with E-state index in [1.54, 1.807) is 18.2 Å². The van der Waals surface area contributed by atoms with Crippen molar-refractivity contribution in [3.63, 3.8) is 0 Å². The topological polar surface area (TPSA) is 61.8 Å². The maximum absolute atomic E-state index is 11.4. The molecule has 0 heterocycles. The van der Waals surface area contributed by atoms with E-state index in [1.165, 1.54) is 0 Å². The molecule has 5 heteroatoms. The molecule has 20 heavy (non-hydrogen) atoms. The molecule has 0 saturated carbocycles. The molecule has 0 unspecified atom stereocenters. The van der Waals surface area contributed by atoms with Crippen molar-refractivity contribution in [3.8, 4) is 11.5 Å². The minimum atomic E-state index is -0.416. The van der Waals surface area contributed by atoms with Crippen LogP contribution < -0.4 is 9.47 Å². The fourth-order valence-electron chi connectivity index (χ4n) is 1.49. The van der Waals surface area contributed by atoms with Gasteiger partial charge < -0.3 is 14.2 Å². The third kappa shape index (κ3) is 5.30. The van der Waals surface area contributed by atoms with Crippen molar-refractivity contribution in [1.29, 1.82) is 0 Å².